The van der Waals surface area contributed by atoms with Gasteiger partial charge in [-0.05, 0) is 0 Å². The number of carboxylic acid groups (broad SMARTS) is 1. The molecule has 0 radical (unpaired) electrons. The van der Waals surface area contributed by atoms with E-state index in [2.05, 4.69) is 10.6 Å². The van der Waals surface area contributed by atoms with E-state index in [4.69, 9.17) is 5.11 Å². The van der Waals surface area contributed by atoms with Gasteiger partial charge in [0.15, 0.2) is 0 Å². The lowest BCUT2D eigenvalue weighted by Gasteiger charge is -2.12. The summed E-state index contributed by atoms with van der Waals surface area (Å²) in [5.74, 6) is -1.87. The lowest BCUT2D eigenvalue weighted by atomic mass is 10.2. The van der Waals surface area contributed by atoms with Crippen LogP contribution in [0.25, 0.3) is 0 Å². The fourth-order valence-electron chi connectivity index (χ4n) is 0.710. The fourth-order valence-corrected chi connectivity index (χ4v) is 0.710. The van der Waals surface area contributed by atoms with Gasteiger partial charge in [0.25, 0.3) is 0 Å². The smallest absolute Gasteiger partial charge is 0.315 e. The van der Waals surface area contributed by atoms with Crippen molar-refractivity contribution in [2.45, 2.75) is 6.92 Å². The highest BCUT2D eigenvalue weighted by Gasteiger charge is 2.12. The van der Waals surface area contributed by atoms with Gasteiger partial charge < -0.3 is 20.6 Å². The van der Waals surface area contributed by atoms with E-state index in [1.807, 2.05) is 0 Å². The van der Waals surface area contributed by atoms with E-state index in [1.165, 1.54) is 11.8 Å². The predicted molar refractivity (Wildman–Crippen MR) is 56.9 cm³/mol. The van der Waals surface area contributed by atoms with Gasteiger partial charge in [-0.1, -0.05) is 6.92 Å². The topological polar surface area (TPSA) is 98.7 Å². The van der Waals surface area contributed by atoms with Gasteiger partial charge in [-0.2, -0.15) is 0 Å². The number of aliphatic carboxylic acids is 1. The highest BCUT2D eigenvalue weighted by Crippen LogP contribution is 1.90. The molecule has 0 saturated heterocycles. The molecule has 0 aliphatic heterocycles. The molecule has 3 N–H and O–H groups in total. The zero-order valence-corrected chi connectivity index (χ0v) is 9.61. The molecule has 0 fully saturated rings. The minimum atomic E-state index is -0.982. The van der Waals surface area contributed by atoms with Crippen molar-refractivity contribution >= 4 is 17.9 Å². The molecule has 92 valence electrons. The van der Waals surface area contributed by atoms with Crippen molar-refractivity contribution in [1.29, 1.82) is 0 Å². The third kappa shape index (κ3) is 5.84. The number of carbonyl (C=O) groups is 3. The summed E-state index contributed by atoms with van der Waals surface area (Å²) < 4.78 is 0. The average Bonchev–Trinajstić information content (AvgIpc) is 2.21. The number of carbonyl (C=O) groups excluding carboxylic acids is 2. The normalized spacial score (nSPS) is 11.4. The number of nitrogens with one attached hydrogen (secondary N) is 2. The van der Waals surface area contributed by atoms with Gasteiger partial charge >= 0.3 is 12.0 Å². The molecule has 0 spiro atoms. The lowest BCUT2D eigenvalue weighted by Crippen LogP contribution is -2.43. The van der Waals surface area contributed by atoms with Crippen LogP contribution in [0.15, 0.2) is 0 Å². The summed E-state index contributed by atoms with van der Waals surface area (Å²) in [5.41, 5.74) is 0. The Morgan fingerprint density at radius 3 is 2.25 bits per heavy atom. The number of carboxylic acids is 1. The Labute approximate surface area is 93.8 Å². The number of likely N-dealkylation sites (N-methyl/N-ethyl adjacent to an activating group) is 1. The van der Waals surface area contributed by atoms with E-state index in [0.29, 0.717) is 0 Å². The van der Waals surface area contributed by atoms with Crippen LogP contribution in [-0.2, 0) is 9.59 Å². The molecule has 0 aliphatic carbocycles. The van der Waals surface area contributed by atoms with Crippen molar-refractivity contribution in [2.24, 2.45) is 5.92 Å². The third-order valence-corrected chi connectivity index (χ3v) is 1.89. The maximum atomic E-state index is 11.1. The van der Waals surface area contributed by atoms with Crippen LogP contribution in [0.2, 0.25) is 0 Å². The molecule has 1 unspecified atom stereocenters. The molecular formula is C9H17N3O4. The molecule has 0 rings (SSSR count). The highest BCUT2D eigenvalue weighted by molar-refractivity contribution is 5.83. The number of hydrogen-bond acceptors (Lipinski definition) is 3. The van der Waals surface area contributed by atoms with Gasteiger partial charge in [0.2, 0.25) is 5.91 Å². The van der Waals surface area contributed by atoms with Crippen LogP contribution >= 0.6 is 0 Å². The van der Waals surface area contributed by atoms with Crippen LogP contribution in [0, 0.1) is 5.92 Å². The molecule has 7 heteroatoms. The maximum absolute atomic E-state index is 11.1. The minimum Gasteiger partial charge on any atom is -0.481 e. The monoisotopic (exact) mass is 231 g/mol. The molecule has 0 heterocycles. The first kappa shape index (κ1) is 14.2. The molecule has 0 saturated carbocycles. The van der Waals surface area contributed by atoms with Gasteiger partial charge in [-0.25, -0.2) is 4.79 Å². The Morgan fingerprint density at radius 1 is 1.25 bits per heavy atom. The predicted octanol–water partition coefficient (Wildman–Crippen LogP) is -0.905. The number of urea groups is 1. The number of hydrogen-bond donors (Lipinski definition) is 3. The molecule has 1 atom stereocenters. The SMILES string of the molecule is CC(CNC(=O)NCC(=O)N(C)C)C(=O)O. The van der Waals surface area contributed by atoms with Crippen molar-refractivity contribution in [2.75, 3.05) is 27.2 Å². The van der Waals surface area contributed by atoms with E-state index in [1.54, 1.807) is 14.1 Å². The quantitative estimate of drug-likeness (QED) is 0.570. The second kappa shape index (κ2) is 6.65. The average molecular weight is 231 g/mol. The Kier molecular flexibility index (Phi) is 5.91. The van der Waals surface area contributed by atoms with Crippen LogP contribution in [0.3, 0.4) is 0 Å². The fraction of sp³-hybridized carbons (Fsp3) is 0.667. The first-order valence-corrected chi connectivity index (χ1v) is 4.79. The van der Waals surface area contributed by atoms with Crippen molar-refractivity contribution in [3.05, 3.63) is 0 Å². The van der Waals surface area contributed by atoms with Crippen molar-refractivity contribution < 1.29 is 19.5 Å². The Morgan fingerprint density at radius 2 is 1.81 bits per heavy atom. The molecule has 0 aromatic rings. The Bertz CT molecular complexity index is 278. The van der Waals surface area contributed by atoms with Gasteiger partial charge in [0.05, 0.1) is 12.5 Å². The number of rotatable bonds is 5. The molecule has 0 aliphatic rings. The third-order valence-electron chi connectivity index (χ3n) is 1.89. The summed E-state index contributed by atoms with van der Waals surface area (Å²) >= 11 is 0. The summed E-state index contributed by atoms with van der Waals surface area (Å²) in [4.78, 5) is 34.0. The molecule has 16 heavy (non-hydrogen) atoms. The summed E-state index contributed by atoms with van der Waals surface area (Å²) in [6.45, 7) is 1.39. The van der Waals surface area contributed by atoms with Crippen LogP contribution in [0.1, 0.15) is 6.92 Å². The van der Waals surface area contributed by atoms with Gasteiger partial charge in [-0.3, -0.25) is 9.59 Å². The van der Waals surface area contributed by atoms with Crippen molar-refractivity contribution in [3.8, 4) is 0 Å². The van der Waals surface area contributed by atoms with Crippen molar-refractivity contribution in [1.82, 2.24) is 15.5 Å². The van der Waals surface area contributed by atoms with Crippen molar-refractivity contribution in [3.63, 3.8) is 0 Å². The molecule has 0 aromatic carbocycles. The van der Waals surface area contributed by atoms with E-state index in [0.717, 1.165) is 0 Å². The molecule has 0 aromatic heterocycles. The zero-order chi connectivity index (χ0) is 12.7. The van der Waals surface area contributed by atoms with Gasteiger partial charge in [0.1, 0.15) is 0 Å². The summed E-state index contributed by atoms with van der Waals surface area (Å²) in [6.07, 6.45) is 0. The summed E-state index contributed by atoms with van der Waals surface area (Å²) in [7, 11) is 3.16. The van der Waals surface area contributed by atoms with Crippen LogP contribution < -0.4 is 10.6 Å². The highest BCUT2D eigenvalue weighted by atomic mass is 16.4. The Hall–Kier alpha value is -1.79. The minimum absolute atomic E-state index is 0.0251. The first-order valence-electron chi connectivity index (χ1n) is 4.79. The lowest BCUT2D eigenvalue weighted by molar-refractivity contribution is -0.140. The van der Waals surface area contributed by atoms with Gasteiger partial charge in [-0.15, -0.1) is 0 Å². The van der Waals surface area contributed by atoms with E-state index in [-0.39, 0.29) is 19.0 Å². The van der Waals surface area contributed by atoms with E-state index >= 15 is 0 Å². The second-order valence-corrected chi connectivity index (χ2v) is 3.59. The van der Waals surface area contributed by atoms with Crippen LogP contribution in [-0.4, -0.2) is 55.1 Å². The van der Waals surface area contributed by atoms with E-state index in [9.17, 15) is 14.4 Å². The standard InChI is InChI=1S/C9H17N3O4/c1-6(8(14)15)4-10-9(16)11-5-7(13)12(2)3/h6H,4-5H2,1-3H3,(H,14,15)(H2,10,11,16). The van der Waals surface area contributed by atoms with Crippen LogP contribution in [0.5, 0.6) is 0 Å². The second-order valence-electron chi connectivity index (χ2n) is 3.59. The molecule has 7 nitrogen and oxygen atoms in total. The van der Waals surface area contributed by atoms with Crippen LogP contribution in [0.4, 0.5) is 4.79 Å². The summed E-state index contributed by atoms with van der Waals surface area (Å²) in [5, 5.41) is 13.2. The molecular weight excluding hydrogens is 214 g/mol. The van der Waals surface area contributed by atoms with Gasteiger partial charge in [0, 0.05) is 20.6 Å². The zero-order valence-electron chi connectivity index (χ0n) is 9.61. The number of nitrogens with zero attached hydrogens (tertiary/aromatic N) is 1. The number of amides is 3. The molecule has 3 amide bonds. The Balaban J connectivity index is 3.76. The van der Waals surface area contributed by atoms with E-state index < -0.39 is 17.9 Å². The first-order chi connectivity index (χ1) is 7.34. The maximum Gasteiger partial charge on any atom is 0.315 e. The largest absolute Gasteiger partial charge is 0.481 e. The molecule has 0 bridgehead atoms. The summed E-state index contributed by atoms with van der Waals surface area (Å²) in [6, 6.07) is -0.552.